The van der Waals surface area contributed by atoms with Gasteiger partial charge in [-0.1, -0.05) is 157 Å². The molecule has 2 heterocycles. The van der Waals surface area contributed by atoms with E-state index in [1.165, 1.54) is 50.8 Å². The summed E-state index contributed by atoms with van der Waals surface area (Å²) in [5.41, 5.74) is 5.59. The summed E-state index contributed by atoms with van der Waals surface area (Å²) in [6, 6.07) is 19.0. The Morgan fingerprint density at radius 3 is 1.84 bits per heavy atom. The van der Waals surface area contributed by atoms with Crippen molar-refractivity contribution in [3.05, 3.63) is 65.7 Å². The minimum absolute atomic E-state index is 0. The number of aromatic nitrogens is 2. The Labute approximate surface area is 360 Å². The maximum atomic E-state index is 12.2. The predicted molar refractivity (Wildman–Crippen MR) is 245 cm³/mol. The monoisotopic (exact) mass is 976 g/mol. The summed E-state index contributed by atoms with van der Waals surface area (Å²) in [6.07, 6.45) is 8.82. The minimum atomic E-state index is -1.76. The van der Waals surface area contributed by atoms with Crippen LogP contribution < -0.4 is 4.50 Å². The van der Waals surface area contributed by atoms with Gasteiger partial charge >= 0.3 is 0 Å². The number of thiophene rings is 1. The van der Waals surface area contributed by atoms with Crippen LogP contribution in [0.25, 0.3) is 32.2 Å². The summed E-state index contributed by atoms with van der Waals surface area (Å²) in [4.78, 5) is 22.0. The van der Waals surface area contributed by atoms with Crippen LogP contribution in [0.2, 0.25) is 18.1 Å². The van der Waals surface area contributed by atoms with Gasteiger partial charge in [0.15, 0.2) is 5.78 Å². The molecular formula is C49H75IrN2O2SSi-. The van der Waals surface area contributed by atoms with Crippen molar-refractivity contribution in [1.82, 2.24) is 9.97 Å². The van der Waals surface area contributed by atoms with Crippen molar-refractivity contribution in [2.45, 2.75) is 166 Å². The molecule has 0 bridgehead atoms. The predicted octanol–water partition coefficient (Wildman–Crippen LogP) is 14.8. The van der Waals surface area contributed by atoms with Gasteiger partial charge in [-0.3, -0.25) is 9.78 Å². The van der Waals surface area contributed by atoms with Gasteiger partial charge < -0.3 is 5.11 Å². The molecule has 0 spiro atoms. The van der Waals surface area contributed by atoms with Gasteiger partial charge in [-0.15, -0.1) is 40.5 Å². The first-order valence-electron chi connectivity index (χ1n) is 21.5. The Kier molecular flexibility index (Phi) is 19.4. The number of nitrogens with zero attached hydrogens (tertiary/aromatic N) is 2. The standard InChI is InChI=1S/C34H47N2SSi.C15H28O2.Ir/c1-10-26(11-2)30-17-28(16-27-14-12-13-15-29(27)30)32-33-31(35-21-36-32)25(9)34(37-33)38(18-22(3)4,19-23(5)6)20-24(7)8;1-7-14(5,8-2)12(16)11-13(17)15(6,9-3)10-4;/h12-15,17,21-24,26H,10-11,18-20H2,1-9H3;11,16H,7-10H2,1-6H3;/q-1;;/b;12-11-;. The summed E-state index contributed by atoms with van der Waals surface area (Å²) in [6.45, 7) is 33.5. The van der Waals surface area contributed by atoms with E-state index in [1.807, 2.05) is 52.9 Å². The molecule has 56 heavy (non-hydrogen) atoms. The fraction of sp³-hybridized carbons (Fsp3) is 0.612. The molecule has 0 saturated carbocycles. The van der Waals surface area contributed by atoms with E-state index >= 15 is 0 Å². The van der Waals surface area contributed by atoms with Crippen LogP contribution in [0.15, 0.2) is 48.5 Å². The van der Waals surface area contributed by atoms with Crippen LogP contribution in [0.4, 0.5) is 0 Å². The minimum Gasteiger partial charge on any atom is -0.512 e. The van der Waals surface area contributed by atoms with E-state index in [0.29, 0.717) is 23.7 Å². The van der Waals surface area contributed by atoms with Crippen LogP contribution in [-0.4, -0.2) is 28.9 Å². The van der Waals surface area contributed by atoms with Crippen LogP contribution in [0, 0.1) is 41.6 Å². The van der Waals surface area contributed by atoms with Gasteiger partial charge in [0.2, 0.25) is 0 Å². The number of hydrogen-bond acceptors (Lipinski definition) is 5. The molecule has 7 heteroatoms. The SMILES string of the molecule is CCC(C)(CC)C(=O)/C=C(\O)C(C)(CC)CC.CCC(CC)c1cc(-c2ncnc3c(C)c([Si](CC(C)C)(CC(C)C)CC(C)C)sc23)[c-]c2ccccc12.[Ir]. The van der Waals surface area contributed by atoms with E-state index in [-0.39, 0.29) is 42.5 Å². The third kappa shape index (κ3) is 11.5. The Morgan fingerprint density at radius 2 is 1.36 bits per heavy atom. The summed E-state index contributed by atoms with van der Waals surface area (Å²) < 4.78 is 2.93. The zero-order valence-corrected chi connectivity index (χ0v) is 41.9. The zero-order chi connectivity index (χ0) is 41.3. The molecule has 4 nitrogen and oxygen atoms in total. The molecule has 4 rings (SSSR count). The van der Waals surface area contributed by atoms with Gasteiger partial charge in [-0.2, -0.15) is 0 Å². The molecule has 4 aromatic rings. The molecule has 0 atom stereocenters. The molecular weight excluding hydrogens is 901 g/mol. The number of benzene rings is 2. The van der Waals surface area contributed by atoms with E-state index in [4.69, 9.17) is 9.97 Å². The number of rotatable bonds is 18. The number of carbonyl (C=O) groups excluding carboxylic acids is 1. The summed E-state index contributed by atoms with van der Waals surface area (Å²) in [7, 11) is -1.76. The van der Waals surface area contributed by atoms with Crippen molar-refractivity contribution in [3.63, 3.8) is 0 Å². The average molecular weight is 977 g/mol. The molecule has 0 saturated heterocycles. The van der Waals surface area contributed by atoms with Gasteiger partial charge in [0, 0.05) is 47.4 Å². The van der Waals surface area contributed by atoms with Crippen molar-refractivity contribution in [3.8, 4) is 11.3 Å². The second-order valence-corrected chi connectivity index (χ2v) is 23.8. The van der Waals surface area contributed by atoms with E-state index in [9.17, 15) is 9.90 Å². The van der Waals surface area contributed by atoms with E-state index in [0.717, 1.165) is 55.3 Å². The molecule has 0 unspecified atom stereocenters. The number of fused-ring (bicyclic) bond motifs is 2. The molecule has 0 fully saturated rings. The van der Waals surface area contributed by atoms with Crippen molar-refractivity contribution < 1.29 is 30.0 Å². The molecule has 0 aliphatic rings. The Hall–Kier alpha value is -2.18. The largest absolute Gasteiger partial charge is 0.512 e. The quantitative estimate of drug-likeness (QED) is 0.0467. The van der Waals surface area contributed by atoms with Gasteiger partial charge in [0.05, 0.1) is 5.52 Å². The van der Waals surface area contributed by atoms with Crippen LogP contribution in [0.1, 0.15) is 153 Å². The van der Waals surface area contributed by atoms with Crippen molar-refractivity contribution in [1.29, 1.82) is 0 Å². The average Bonchev–Trinajstić information content (AvgIpc) is 3.50. The van der Waals surface area contributed by atoms with E-state index in [1.54, 1.807) is 10.8 Å². The fourth-order valence-electron chi connectivity index (χ4n) is 8.73. The molecule has 2 aromatic carbocycles. The molecule has 2 aromatic heterocycles. The first-order valence-corrected chi connectivity index (χ1v) is 25.0. The van der Waals surface area contributed by atoms with Crippen LogP contribution in [0.5, 0.6) is 0 Å². The van der Waals surface area contributed by atoms with Gasteiger partial charge in [0.25, 0.3) is 0 Å². The maximum absolute atomic E-state index is 12.2. The molecule has 0 amide bonds. The van der Waals surface area contributed by atoms with Crippen LogP contribution in [-0.2, 0) is 24.9 Å². The van der Waals surface area contributed by atoms with Crippen molar-refractivity contribution in [2.75, 3.05) is 0 Å². The van der Waals surface area contributed by atoms with Crippen molar-refractivity contribution >= 4 is 50.7 Å². The van der Waals surface area contributed by atoms with E-state index < -0.39 is 8.07 Å². The van der Waals surface area contributed by atoms with E-state index in [2.05, 4.69) is 98.7 Å². The smallest absolute Gasteiger partial charge is 0.164 e. The maximum Gasteiger partial charge on any atom is 0.164 e. The molecule has 1 N–H and O–H groups in total. The Bertz CT molecular complexity index is 1860. The fourth-order valence-corrected chi connectivity index (χ4v) is 18.3. The summed E-state index contributed by atoms with van der Waals surface area (Å²) >= 11 is 2.03. The molecule has 0 aliphatic carbocycles. The number of hydrogen-bond donors (Lipinski definition) is 1. The van der Waals surface area contributed by atoms with Crippen LogP contribution in [0.3, 0.4) is 0 Å². The van der Waals surface area contributed by atoms with Crippen LogP contribution >= 0.6 is 11.3 Å². The molecule has 1 radical (unpaired) electrons. The van der Waals surface area contributed by atoms with Crippen molar-refractivity contribution in [2.24, 2.45) is 28.6 Å². The second kappa shape index (κ2) is 21.7. The second-order valence-electron chi connectivity index (χ2n) is 18.2. The number of ketones is 1. The number of aliphatic hydroxyl groups is 1. The third-order valence-electron chi connectivity index (χ3n) is 12.7. The van der Waals surface area contributed by atoms with Gasteiger partial charge in [-0.05, 0) is 66.3 Å². The normalized spacial score (nSPS) is 12.9. The number of allylic oxidation sites excluding steroid dienone is 2. The topological polar surface area (TPSA) is 63.1 Å². The summed E-state index contributed by atoms with van der Waals surface area (Å²) in [5, 5.41) is 12.7. The zero-order valence-electron chi connectivity index (χ0n) is 37.7. The molecule has 313 valence electrons. The molecule has 0 aliphatic heterocycles. The first kappa shape index (κ1) is 50.0. The Balaban J connectivity index is 0.000000511. The summed E-state index contributed by atoms with van der Waals surface area (Å²) in [5.74, 6) is 2.92. The van der Waals surface area contributed by atoms with Gasteiger partial charge in [-0.25, -0.2) is 4.98 Å². The first-order chi connectivity index (χ1) is 25.9. The number of carbonyl (C=O) groups is 1. The number of aryl methyl sites for hydroxylation is 1. The van der Waals surface area contributed by atoms with Gasteiger partial charge in [0.1, 0.15) is 20.2 Å². The third-order valence-corrected chi connectivity index (χ3v) is 21.5. The Morgan fingerprint density at radius 1 is 0.839 bits per heavy atom. The number of aliphatic hydroxyl groups excluding tert-OH is 1.